The third kappa shape index (κ3) is 3.61. The van der Waals surface area contributed by atoms with Crippen LogP contribution >= 0.6 is 0 Å². The van der Waals surface area contributed by atoms with Crippen LogP contribution in [0.5, 0.6) is 0 Å². The van der Waals surface area contributed by atoms with Crippen LogP contribution in [0.1, 0.15) is 34.1 Å². The molecule has 1 aliphatic heterocycles. The first-order chi connectivity index (χ1) is 14.8. The molecule has 0 N–H and O–H groups in total. The molecule has 0 radical (unpaired) electrons. The summed E-state index contributed by atoms with van der Waals surface area (Å²) in [6.07, 6.45) is 0.663. The number of hydrogen-bond donors (Lipinski definition) is 0. The van der Waals surface area contributed by atoms with Gasteiger partial charge in [-0.15, -0.1) is 0 Å². The highest BCUT2D eigenvalue weighted by atomic mass is 28.4. The molecule has 0 amide bonds. The molecule has 1 heterocycles. The Balaban J connectivity index is 1.78. The van der Waals surface area contributed by atoms with E-state index in [1.54, 1.807) is 14.2 Å². The van der Waals surface area contributed by atoms with Crippen LogP contribution < -0.4 is 10.4 Å². The summed E-state index contributed by atoms with van der Waals surface area (Å²) in [5.74, 6) is 0.698. The van der Waals surface area contributed by atoms with Crippen molar-refractivity contribution in [2.24, 2.45) is 11.8 Å². The zero-order chi connectivity index (χ0) is 22.3. The SMILES string of the molecule is COC1O[C@@]2(CO[Si](c3ccccc3)(c3ccccc3)C(C)(C)C)CC(C)[C@@H]1[C@@H]2OC. The average Bonchev–Trinajstić information content (AvgIpc) is 3.22. The predicted octanol–water partition coefficient (Wildman–Crippen LogP) is 3.98. The Morgan fingerprint density at radius 2 is 1.48 bits per heavy atom. The lowest BCUT2D eigenvalue weighted by molar-refractivity contribution is -0.208. The molecule has 0 aromatic heterocycles. The first kappa shape index (κ1) is 22.7. The molecule has 1 saturated carbocycles. The van der Waals surface area contributed by atoms with E-state index in [1.165, 1.54) is 10.4 Å². The second-order valence-electron chi connectivity index (χ2n) is 10.2. The van der Waals surface area contributed by atoms with Gasteiger partial charge in [0.05, 0.1) is 12.7 Å². The van der Waals surface area contributed by atoms with Gasteiger partial charge in [-0.05, 0) is 27.8 Å². The van der Waals surface area contributed by atoms with E-state index in [2.05, 4.69) is 88.4 Å². The maximum absolute atomic E-state index is 7.22. The van der Waals surface area contributed by atoms with Gasteiger partial charge in [-0.25, -0.2) is 0 Å². The number of ether oxygens (including phenoxy) is 3. The molecule has 2 aliphatic rings. The lowest BCUT2D eigenvalue weighted by Gasteiger charge is -2.45. The van der Waals surface area contributed by atoms with E-state index in [0.29, 0.717) is 12.5 Å². The van der Waals surface area contributed by atoms with Gasteiger partial charge in [-0.1, -0.05) is 88.4 Å². The third-order valence-electron chi connectivity index (χ3n) is 7.29. The largest absolute Gasteiger partial charge is 0.404 e. The minimum Gasteiger partial charge on any atom is -0.404 e. The first-order valence-corrected chi connectivity index (χ1v) is 13.2. The number of benzene rings is 2. The Kier molecular flexibility index (Phi) is 6.18. The lowest BCUT2D eigenvalue weighted by atomic mass is 9.96. The molecule has 2 unspecified atom stereocenters. The van der Waals surface area contributed by atoms with Gasteiger partial charge in [0.1, 0.15) is 5.60 Å². The summed E-state index contributed by atoms with van der Waals surface area (Å²) in [5, 5.41) is 2.49. The van der Waals surface area contributed by atoms with E-state index in [-0.39, 0.29) is 23.4 Å². The number of rotatable bonds is 7. The Bertz CT molecular complexity index is 826. The molecule has 1 aliphatic carbocycles. The van der Waals surface area contributed by atoms with Crippen LogP contribution in [0.2, 0.25) is 5.04 Å². The molecule has 2 aromatic carbocycles. The van der Waals surface area contributed by atoms with Crippen molar-refractivity contribution in [3.8, 4) is 0 Å². The highest BCUT2D eigenvalue weighted by Gasteiger charge is 2.65. The molecule has 5 heteroatoms. The van der Waals surface area contributed by atoms with E-state index in [9.17, 15) is 0 Å². The van der Waals surface area contributed by atoms with Crippen molar-refractivity contribution in [2.75, 3.05) is 20.8 Å². The van der Waals surface area contributed by atoms with Crippen LogP contribution in [0.15, 0.2) is 60.7 Å². The Labute approximate surface area is 188 Å². The van der Waals surface area contributed by atoms with Gasteiger partial charge in [0.15, 0.2) is 6.29 Å². The maximum atomic E-state index is 7.22. The van der Waals surface area contributed by atoms with E-state index in [1.807, 2.05) is 0 Å². The second-order valence-corrected chi connectivity index (χ2v) is 14.5. The van der Waals surface area contributed by atoms with Gasteiger partial charge >= 0.3 is 0 Å². The number of methoxy groups -OCH3 is 2. The molecule has 168 valence electrons. The molecule has 0 spiro atoms. The van der Waals surface area contributed by atoms with Crippen LogP contribution in [0.4, 0.5) is 0 Å². The van der Waals surface area contributed by atoms with E-state index in [0.717, 1.165) is 6.42 Å². The van der Waals surface area contributed by atoms with Crippen LogP contribution in [0.3, 0.4) is 0 Å². The molecule has 4 nitrogen and oxygen atoms in total. The summed E-state index contributed by atoms with van der Waals surface area (Å²) in [7, 11) is 0.876. The van der Waals surface area contributed by atoms with Crippen molar-refractivity contribution in [1.29, 1.82) is 0 Å². The molecule has 2 fully saturated rings. The van der Waals surface area contributed by atoms with E-state index >= 15 is 0 Å². The van der Waals surface area contributed by atoms with Gasteiger partial charge in [-0.2, -0.15) is 0 Å². The van der Waals surface area contributed by atoms with Crippen molar-refractivity contribution in [3.63, 3.8) is 0 Å². The van der Waals surface area contributed by atoms with Crippen molar-refractivity contribution in [2.45, 2.75) is 57.1 Å². The highest BCUT2D eigenvalue weighted by molar-refractivity contribution is 6.99. The van der Waals surface area contributed by atoms with Gasteiger partial charge in [0, 0.05) is 20.1 Å². The van der Waals surface area contributed by atoms with Gasteiger partial charge in [-0.3, -0.25) is 0 Å². The van der Waals surface area contributed by atoms with Crippen LogP contribution in [-0.2, 0) is 18.6 Å². The maximum Gasteiger partial charge on any atom is 0.261 e. The number of hydrogen-bond acceptors (Lipinski definition) is 4. The topological polar surface area (TPSA) is 36.9 Å². The Morgan fingerprint density at radius 3 is 1.94 bits per heavy atom. The first-order valence-electron chi connectivity index (χ1n) is 11.3. The summed E-state index contributed by atoms with van der Waals surface area (Å²) in [4.78, 5) is 0. The van der Waals surface area contributed by atoms with Crippen molar-refractivity contribution >= 4 is 18.7 Å². The molecule has 4 rings (SSSR count). The Hall–Kier alpha value is -1.50. The third-order valence-corrected chi connectivity index (χ3v) is 12.3. The lowest BCUT2D eigenvalue weighted by Crippen LogP contribution is -2.68. The molecule has 1 saturated heterocycles. The molecular weight excluding hydrogens is 404 g/mol. The fourth-order valence-electron chi connectivity index (χ4n) is 6.03. The minimum absolute atomic E-state index is 0.0225. The zero-order valence-electron chi connectivity index (χ0n) is 19.6. The van der Waals surface area contributed by atoms with Crippen LogP contribution in [-0.4, -0.2) is 47.1 Å². The second kappa shape index (κ2) is 8.45. The summed E-state index contributed by atoms with van der Waals surface area (Å²) >= 11 is 0. The molecular formula is C26H36O4Si. The Morgan fingerprint density at radius 1 is 0.935 bits per heavy atom. The smallest absolute Gasteiger partial charge is 0.261 e. The minimum atomic E-state index is -2.63. The summed E-state index contributed by atoms with van der Waals surface area (Å²) in [5.41, 5.74) is -0.480. The van der Waals surface area contributed by atoms with Crippen molar-refractivity contribution in [3.05, 3.63) is 60.7 Å². The van der Waals surface area contributed by atoms with Gasteiger partial charge in [0.25, 0.3) is 8.32 Å². The fraction of sp³-hybridized carbons (Fsp3) is 0.538. The van der Waals surface area contributed by atoms with Crippen LogP contribution in [0.25, 0.3) is 0 Å². The van der Waals surface area contributed by atoms with Gasteiger partial charge in [0.2, 0.25) is 0 Å². The molecule has 5 atom stereocenters. The standard InChI is InChI=1S/C26H36O4Si/c1-19-17-26(23(27-5)22(19)24(28-6)30-26)18-29-31(25(2,3)4,20-13-9-7-10-14-20)21-15-11-8-12-16-21/h7-16,19,22-24H,17-18H2,1-6H3/t19?,22-,23+,24?,26-/m1/s1. The van der Waals surface area contributed by atoms with Crippen molar-refractivity contribution < 1.29 is 18.6 Å². The highest BCUT2D eigenvalue weighted by Crippen LogP contribution is 2.53. The summed E-state index contributed by atoms with van der Waals surface area (Å²) < 4.78 is 25.4. The molecule has 31 heavy (non-hydrogen) atoms. The average molecular weight is 441 g/mol. The molecule has 2 bridgehead atoms. The van der Waals surface area contributed by atoms with Crippen LogP contribution in [0, 0.1) is 11.8 Å². The van der Waals surface area contributed by atoms with Crippen molar-refractivity contribution in [1.82, 2.24) is 0 Å². The molecule has 2 aromatic rings. The predicted molar refractivity (Wildman–Crippen MR) is 126 cm³/mol. The number of fused-ring (bicyclic) bond motifs is 2. The van der Waals surface area contributed by atoms with Gasteiger partial charge < -0.3 is 18.6 Å². The summed E-state index contributed by atoms with van der Waals surface area (Å²) in [6, 6.07) is 21.5. The normalized spacial score (nSPS) is 30.6. The monoisotopic (exact) mass is 440 g/mol. The fourth-order valence-corrected chi connectivity index (χ4v) is 10.6. The zero-order valence-corrected chi connectivity index (χ0v) is 20.6. The summed E-state index contributed by atoms with van der Waals surface area (Å²) in [6.45, 7) is 9.68. The quantitative estimate of drug-likeness (QED) is 0.611. The van der Waals surface area contributed by atoms with E-state index in [4.69, 9.17) is 18.6 Å². The van der Waals surface area contributed by atoms with E-state index < -0.39 is 13.9 Å².